The van der Waals surface area contributed by atoms with E-state index in [1.807, 2.05) is 17.3 Å². The molecule has 6 aromatic rings. The minimum Gasteiger partial charge on any atom is -0.374 e. The first-order valence-corrected chi connectivity index (χ1v) is 23.8. The van der Waals surface area contributed by atoms with E-state index < -0.39 is 11.9 Å². The highest BCUT2D eigenvalue weighted by Crippen LogP contribution is 2.37. The summed E-state index contributed by atoms with van der Waals surface area (Å²) >= 11 is 0. The summed E-state index contributed by atoms with van der Waals surface area (Å²) in [6, 6.07) is 30.9. The number of nitriles is 1. The van der Waals surface area contributed by atoms with Gasteiger partial charge in [-0.1, -0.05) is 48.5 Å². The van der Waals surface area contributed by atoms with Crippen molar-refractivity contribution in [3.05, 3.63) is 126 Å². The summed E-state index contributed by atoms with van der Waals surface area (Å²) in [7, 11) is 0. The van der Waals surface area contributed by atoms with Gasteiger partial charge in [-0.2, -0.15) is 10.4 Å². The Morgan fingerprint density at radius 1 is 0.853 bits per heavy atom. The molecule has 3 aromatic heterocycles. The van der Waals surface area contributed by atoms with Crippen LogP contribution in [-0.2, 0) is 20.9 Å². The van der Waals surface area contributed by atoms with Gasteiger partial charge >= 0.3 is 0 Å². The Morgan fingerprint density at radius 2 is 1.62 bits per heavy atom. The molecule has 6 aliphatic heterocycles. The molecule has 6 fully saturated rings. The third-order valence-corrected chi connectivity index (χ3v) is 14.6. The maximum Gasteiger partial charge on any atom is 0.249 e. The summed E-state index contributed by atoms with van der Waals surface area (Å²) < 4.78 is 17.0. The molecule has 3 unspecified atom stereocenters. The Kier molecular flexibility index (Phi) is 11.8. The van der Waals surface area contributed by atoms with Gasteiger partial charge in [-0.05, 0) is 92.2 Å². The third-order valence-electron chi connectivity index (χ3n) is 14.6. The Hall–Kier alpha value is -7.22. The van der Waals surface area contributed by atoms with Crippen LogP contribution in [-0.4, -0.2) is 129 Å². The number of carbonyl (C=O) groups is 3. The van der Waals surface area contributed by atoms with Crippen molar-refractivity contribution in [1.82, 2.24) is 39.6 Å². The van der Waals surface area contributed by atoms with Crippen LogP contribution in [0.2, 0.25) is 0 Å². The maximum atomic E-state index is 15.3. The molecule has 0 spiro atoms. The molecular formula is C52H53FN12O3. The Bertz CT molecular complexity index is 2880. The first-order valence-electron chi connectivity index (χ1n) is 23.8. The monoisotopic (exact) mass is 912 g/mol. The number of hydrogen-bond donors (Lipinski definition) is 2. The average molecular weight is 913 g/mol. The molecule has 6 saturated heterocycles. The van der Waals surface area contributed by atoms with Crippen molar-refractivity contribution in [2.75, 3.05) is 74.0 Å². The van der Waals surface area contributed by atoms with Gasteiger partial charge in [0.05, 0.1) is 30.3 Å². The summed E-state index contributed by atoms with van der Waals surface area (Å²) in [4.78, 5) is 58.6. The molecule has 0 aliphatic carbocycles. The van der Waals surface area contributed by atoms with Gasteiger partial charge in [0.1, 0.15) is 34.8 Å². The summed E-state index contributed by atoms with van der Waals surface area (Å²) in [5.41, 5.74) is 7.81. The number of pyridine rings is 1. The fraction of sp³-hybridized carbons (Fsp3) is 0.365. The van der Waals surface area contributed by atoms with Crippen molar-refractivity contribution in [1.29, 1.82) is 5.26 Å². The predicted molar refractivity (Wildman–Crippen MR) is 256 cm³/mol. The highest BCUT2D eigenvalue weighted by molar-refractivity contribution is 6.01. The van der Waals surface area contributed by atoms with Crippen molar-refractivity contribution >= 4 is 40.4 Å². The largest absolute Gasteiger partial charge is 0.374 e. The summed E-state index contributed by atoms with van der Waals surface area (Å²) in [5, 5.41) is 19.9. The van der Waals surface area contributed by atoms with E-state index >= 15 is 4.39 Å². The highest BCUT2D eigenvalue weighted by atomic mass is 19.1. The number of amides is 3. The number of likely N-dealkylation sites (tertiary alicyclic amines) is 1. The summed E-state index contributed by atoms with van der Waals surface area (Å²) in [6.07, 6.45) is 8.66. The van der Waals surface area contributed by atoms with E-state index in [1.165, 1.54) is 18.1 Å². The zero-order valence-electron chi connectivity index (χ0n) is 37.8. The molecule has 0 radical (unpaired) electrons. The van der Waals surface area contributed by atoms with Gasteiger partial charge in [-0.25, -0.2) is 18.9 Å². The van der Waals surface area contributed by atoms with Crippen LogP contribution >= 0.6 is 0 Å². The average Bonchev–Trinajstić information content (AvgIpc) is 3.80. The van der Waals surface area contributed by atoms with Crippen LogP contribution < -0.4 is 20.4 Å². The number of anilines is 3. The number of nitrogens with zero attached hydrogens (tertiary/aromatic N) is 10. The number of aromatic nitrogens is 4. The van der Waals surface area contributed by atoms with E-state index in [1.54, 1.807) is 22.8 Å². The van der Waals surface area contributed by atoms with Gasteiger partial charge in [-0.15, -0.1) is 0 Å². The zero-order chi connectivity index (χ0) is 46.3. The molecule has 2 N–H and O–H groups in total. The number of halogens is 1. The highest BCUT2D eigenvalue weighted by Gasteiger charge is 2.44. The Labute approximate surface area is 394 Å². The van der Waals surface area contributed by atoms with Crippen LogP contribution in [0.4, 0.5) is 21.6 Å². The van der Waals surface area contributed by atoms with Crippen LogP contribution in [0.25, 0.3) is 28.0 Å². The van der Waals surface area contributed by atoms with Gasteiger partial charge in [0, 0.05) is 93.0 Å². The molecule has 3 atom stereocenters. The van der Waals surface area contributed by atoms with Gasteiger partial charge in [0.2, 0.25) is 17.7 Å². The Balaban J connectivity index is 0.681. The molecule has 16 heteroatoms. The molecule has 15 nitrogen and oxygen atoms in total. The maximum absolute atomic E-state index is 15.3. The lowest BCUT2D eigenvalue weighted by molar-refractivity contribution is -0.134. The lowest BCUT2D eigenvalue weighted by atomic mass is 9.86. The number of imide groups is 1. The van der Waals surface area contributed by atoms with Crippen molar-refractivity contribution < 1.29 is 18.8 Å². The van der Waals surface area contributed by atoms with Crippen molar-refractivity contribution in [2.45, 2.75) is 62.7 Å². The van der Waals surface area contributed by atoms with Crippen LogP contribution in [0.1, 0.15) is 54.7 Å². The van der Waals surface area contributed by atoms with Gasteiger partial charge in [0.15, 0.2) is 0 Å². The van der Waals surface area contributed by atoms with E-state index in [-0.39, 0.29) is 30.0 Å². The lowest BCUT2D eigenvalue weighted by Crippen LogP contribution is -2.68. The summed E-state index contributed by atoms with van der Waals surface area (Å²) in [5.74, 6) is 0.117. The fourth-order valence-electron chi connectivity index (χ4n) is 10.8. The van der Waals surface area contributed by atoms with Gasteiger partial charge in [-0.3, -0.25) is 29.5 Å². The lowest BCUT2D eigenvalue weighted by Gasteiger charge is -2.56. The SMILES string of the molecule is N#Cc1cnn2cc(-c3ccc(N4CCN(C(=O)CN5CCC(c6ccc(NC7CCC(=O)NC7=O)cc6F)CC5)CC4)cc3)nc(-c3ccc(N4CC5CC(C4)N5Cc4ccccc4)nc3)c12. The fourth-order valence-corrected chi connectivity index (χ4v) is 10.8. The topological polar surface area (TPSA) is 158 Å². The van der Waals surface area contributed by atoms with Crippen molar-refractivity contribution in [3.8, 4) is 28.6 Å². The number of rotatable bonds is 11. The van der Waals surface area contributed by atoms with E-state index in [2.05, 4.69) is 108 Å². The number of nitrogens with one attached hydrogen (secondary N) is 2. The number of fused-ring (bicyclic) bond motifs is 3. The minimum absolute atomic E-state index is 0.0481. The standard InChI is InChI=1S/C52H53FN12O3/c53-44-24-39(57-45-13-15-48(66)59-52(45)68)9-12-43(44)35-16-18-60(19-17-35)33-49(67)62-22-20-61(21-23-62)40-10-6-36(7-11-40)46-32-65-51(38(26-54)28-56-65)50(58-46)37-8-14-47(55-27-37)63-30-41-25-42(31-63)64(41)29-34-4-2-1-3-5-34/h1-12,14,24,27-28,32,35,41-42,45,57H,13,15-23,25,29-31,33H2,(H,59,66,68). The molecule has 12 rings (SSSR count). The van der Waals surface area contributed by atoms with E-state index in [4.69, 9.17) is 9.97 Å². The quantitative estimate of drug-likeness (QED) is 0.154. The zero-order valence-corrected chi connectivity index (χ0v) is 37.8. The van der Waals surface area contributed by atoms with Crippen molar-refractivity contribution in [2.24, 2.45) is 0 Å². The number of hydrogen-bond acceptors (Lipinski definition) is 12. The van der Waals surface area contributed by atoms with Crippen LogP contribution in [0.5, 0.6) is 0 Å². The Morgan fingerprint density at radius 3 is 2.32 bits per heavy atom. The van der Waals surface area contributed by atoms with E-state index in [0.717, 1.165) is 60.8 Å². The smallest absolute Gasteiger partial charge is 0.249 e. The number of piperazine rings is 2. The molecule has 6 aliphatic rings. The van der Waals surface area contributed by atoms with Gasteiger partial charge in [0.25, 0.3) is 0 Å². The second-order valence-electron chi connectivity index (χ2n) is 18.8. The molecule has 9 heterocycles. The van der Waals surface area contributed by atoms with Crippen LogP contribution in [0.15, 0.2) is 104 Å². The normalized spacial score (nSPS) is 21.4. The van der Waals surface area contributed by atoms with Crippen LogP contribution in [0.3, 0.4) is 0 Å². The minimum atomic E-state index is -0.569. The molecule has 346 valence electrons. The first-order chi connectivity index (χ1) is 33.2. The van der Waals surface area contributed by atoms with Gasteiger partial charge < -0.3 is 20.0 Å². The molecule has 3 amide bonds. The third kappa shape index (κ3) is 8.75. The van der Waals surface area contributed by atoms with Crippen LogP contribution in [0, 0.1) is 17.1 Å². The predicted octanol–water partition coefficient (Wildman–Crippen LogP) is 5.68. The van der Waals surface area contributed by atoms with E-state index in [9.17, 15) is 19.6 Å². The number of benzene rings is 3. The molecule has 2 bridgehead atoms. The molecule has 68 heavy (non-hydrogen) atoms. The molecule has 3 aromatic carbocycles. The van der Waals surface area contributed by atoms with Crippen molar-refractivity contribution in [3.63, 3.8) is 0 Å². The summed E-state index contributed by atoms with van der Waals surface area (Å²) in [6.45, 7) is 7.31. The second-order valence-corrected chi connectivity index (χ2v) is 18.8. The number of piperidine rings is 3. The second kappa shape index (κ2) is 18.5. The molecular weight excluding hydrogens is 860 g/mol. The number of carbonyl (C=O) groups excluding carboxylic acids is 3. The molecule has 0 saturated carbocycles. The van der Waals surface area contributed by atoms with E-state index in [0.29, 0.717) is 92.3 Å². The first kappa shape index (κ1) is 43.4.